The summed E-state index contributed by atoms with van der Waals surface area (Å²) in [6, 6.07) is 38.2. The topological polar surface area (TPSA) is 152 Å². The van der Waals surface area contributed by atoms with E-state index >= 15 is 0 Å². The molecule has 0 amide bonds. The summed E-state index contributed by atoms with van der Waals surface area (Å²) in [7, 11) is 1.51. The van der Waals surface area contributed by atoms with Crippen molar-refractivity contribution in [1.82, 2.24) is 0 Å². The van der Waals surface area contributed by atoms with E-state index in [2.05, 4.69) is 0 Å². The number of aliphatic hydroxyl groups excluding tert-OH is 3. The molecule has 2 aliphatic rings. The molecule has 0 radical (unpaired) electrons. The first-order valence-corrected chi connectivity index (χ1v) is 18.3. The van der Waals surface area contributed by atoms with Crippen LogP contribution in [0.1, 0.15) is 22.3 Å². The van der Waals surface area contributed by atoms with E-state index in [9.17, 15) is 20.1 Å². The Hall–Kier alpha value is -4.31. The van der Waals surface area contributed by atoms with Gasteiger partial charge in [-0.25, -0.2) is 4.79 Å². The number of ether oxygens (including phenoxy) is 8. The van der Waals surface area contributed by atoms with Gasteiger partial charge in [-0.15, -0.1) is 0 Å². The molecular formula is C43H48O12. The molecule has 2 heterocycles. The predicted molar refractivity (Wildman–Crippen MR) is 200 cm³/mol. The van der Waals surface area contributed by atoms with Crippen LogP contribution in [-0.4, -0.2) is 103 Å². The molecule has 12 heteroatoms. The average molecular weight is 757 g/mol. The molecule has 2 saturated heterocycles. The molecule has 2 fully saturated rings. The third-order valence-corrected chi connectivity index (χ3v) is 9.39. The minimum atomic E-state index is -1.66. The van der Waals surface area contributed by atoms with Crippen LogP contribution in [0.3, 0.4) is 0 Å². The van der Waals surface area contributed by atoms with Gasteiger partial charge in [0, 0.05) is 13.2 Å². The third kappa shape index (κ3) is 11.1. The van der Waals surface area contributed by atoms with Crippen LogP contribution in [0.2, 0.25) is 0 Å². The van der Waals surface area contributed by atoms with Crippen LogP contribution in [0, 0.1) is 0 Å². The quantitative estimate of drug-likeness (QED) is 0.105. The van der Waals surface area contributed by atoms with Crippen molar-refractivity contribution in [2.75, 3.05) is 20.3 Å². The predicted octanol–water partition coefficient (Wildman–Crippen LogP) is 4.19. The van der Waals surface area contributed by atoms with Crippen LogP contribution in [0.5, 0.6) is 0 Å². The summed E-state index contributed by atoms with van der Waals surface area (Å²) in [5, 5.41) is 32.4. The highest BCUT2D eigenvalue weighted by Gasteiger charge is 2.51. The second kappa shape index (κ2) is 20.6. The van der Waals surface area contributed by atoms with E-state index in [0.29, 0.717) is 0 Å². The normalized spacial score (nSPS) is 28.2. The number of carbonyl (C=O) groups is 1. The van der Waals surface area contributed by atoms with Gasteiger partial charge in [-0.05, 0) is 28.3 Å². The summed E-state index contributed by atoms with van der Waals surface area (Å²) in [4.78, 5) is 12.7. The molecule has 55 heavy (non-hydrogen) atoms. The molecule has 6 rings (SSSR count). The molecule has 3 N–H and O–H groups in total. The highest BCUT2D eigenvalue weighted by Crippen LogP contribution is 2.32. The van der Waals surface area contributed by atoms with Gasteiger partial charge >= 0.3 is 5.97 Å². The van der Waals surface area contributed by atoms with E-state index in [1.165, 1.54) is 13.2 Å². The molecule has 0 unspecified atom stereocenters. The molecule has 4 aromatic carbocycles. The lowest BCUT2D eigenvalue weighted by Gasteiger charge is -2.46. The van der Waals surface area contributed by atoms with Crippen LogP contribution < -0.4 is 0 Å². The van der Waals surface area contributed by atoms with Crippen molar-refractivity contribution in [2.24, 2.45) is 0 Å². The largest absolute Gasteiger partial charge is 0.453 e. The van der Waals surface area contributed by atoms with Crippen molar-refractivity contribution in [3.63, 3.8) is 0 Å². The minimum absolute atomic E-state index is 0.208. The minimum Gasteiger partial charge on any atom is -0.453 e. The van der Waals surface area contributed by atoms with Crippen molar-refractivity contribution in [2.45, 2.75) is 81.2 Å². The van der Waals surface area contributed by atoms with Crippen LogP contribution >= 0.6 is 0 Å². The lowest BCUT2D eigenvalue weighted by atomic mass is 9.97. The lowest BCUT2D eigenvalue weighted by molar-refractivity contribution is -0.341. The zero-order valence-corrected chi connectivity index (χ0v) is 30.5. The zero-order valence-electron chi connectivity index (χ0n) is 30.5. The van der Waals surface area contributed by atoms with E-state index in [4.69, 9.17) is 37.9 Å². The van der Waals surface area contributed by atoms with Gasteiger partial charge < -0.3 is 53.2 Å². The molecule has 0 spiro atoms. The summed E-state index contributed by atoms with van der Waals surface area (Å²) in [5.41, 5.74) is 3.57. The first-order valence-electron chi connectivity index (χ1n) is 18.3. The summed E-state index contributed by atoms with van der Waals surface area (Å²) in [6.07, 6.45) is -8.62. The number of benzene rings is 4. The molecule has 2 aliphatic heterocycles. The molecule has 292 valence electrons. The Morgan fingerprint density at radius 3 is 1.62 bits per heavy atom. The monoisotopic (exact) mass is 756 g/mol. The number of methoxy groups -OCH3 is 1. The fraction of sp³-hybridized carbons (Fsp3) is 0.372. The number of hydrogen-bond donors (Lipinski definition) is 3. The summed E-state index contributed by atoms with van der Waals surface area (Å²) < 4.78 is 49.4. The highest BCUT2D eigenvalue weighted by atomic mass is 16.7. The Labute approximate surface area is 320 Å². The molecule has 4 aromatic rings. The smallest absolute Gasteiger partial charge is 0.331 e. The fourth-order valence-electron chi connectivity index (χ4n) is 6.50. The lowest BCUT2D eigenvalue weighted by Crippen LogP contribution is -2.63. The molecule has 10 atom stereocenters. The van der Waals surface area contributed by atoms with Gasteiger partial charge in [-0.2, -0.15) is 0 Å². The van der Waals surface area contributed by atoms with Crippen molar-refractivity contribution >= 4 is 12.0 Å². The Kier molecular flexibility index (Phi) is 15.1. The van der Waals surface area contributed by atoms with Crippen molar-refractivity contribution in [3.05, 3.63) is 150 Å². The average Bonchev–Trinajstić information content (AvgIpc) is 3.23. The Balaban J connectivity index is 1.19. The second-order valence-corrected chi connectivity index (χ2v) is 13.2. The molecule has 0 aromatic heterocycles. The summed E-state index contributed by atoms with van der Waals surface area (Å²) >= 11 is 0. The number of esters is 1. The maximum absolute atomic E-state index is 12.7. The highest BCUT2D eigenvalue weighted by molar-refractivity contribution is 5.87. The Morgan fingerprint density at radius 2 is 1.09 bits per heavy atom. The number of carbonyl (C=O) groups excluding carboxylic acids is 1. The van der Waals surface area contributed by atoms with E-state index in [1.807, 2.05) is 121 Å². The van der Waals surface area contributed by atoms with E-state index in [0.717, 1.165) is 22.3 Å². The van der Waals surface area contributed by atoms with Gasteiger partial charge in [0.05, 0.1) is 33.0 Å². The van der Waals surface area contributed by atoms with Gasteiger partial charge in [0.2, 0.25) is 0 Å². The maximum atomic E-state index is 12.7. The second-order valence-electron chi connectivity index (χ2n) is 13.2. The Morgan fingerprint density at radius 1 is 0.600 bits per heavy atom. The maximum Gasteiger partial charge on any atom is 0.331 e. The van der Waals surface area contributed by atoms with Crippen LogP contribution in [0.4, 0.5) is 0 Å². The van der Waals surface area contributed by atoms with Crippen LogP contribution in [0.15, 0.2) is 127 Å². The fourth-order valence-corrected chi connectivity index (χ4v) is 6.50. The Bertz CT molecular complexity index is 1730. The van der Waals surface area contributed by atoms with Crippen molar-refractivity contribution in [1.29, 1.82) is 0 Å². The molecule has 0 aliphatic carbocycles. The standard InChI is InChI=1S/C43H48O12/c1-48-43-41(51-27-32-20-12-5-13-21-32)40(50-26-31-18-10-4-11-19-31)39(49-25-30-16-8-3-9-17-30)34(54-43)28-52-42-37(47)36(46)38(33(24-44)53-42)55-35(45)23-22-29-14-6-2-7-15-29/h2-23,33-34,36-44,46-47H,24-28H2,1H3/b23-22+/t33-,34-,36-,37-,38-,39-,40+,41-,42-,43+/m1/s1. The first kappa shape index (κ1) is 40.4. The molecule has 12 nitrogen and oxygen atoms in total. The SMILES string of the molecule is CO[C@H]1O[C@H](CO[C@@H]2O[C@H](CO)[C@@H](OC(=O)/C=C/c3ccccc3)[C@H](O)[C@H]2O)[C@@H](OCc2ccccc2)[C@H](OCc2ccccc2)[C@H]1OCc1ccccc1. The third-order valence-electron chi connectivity index (χ3n) is 9.39. The van der Waals surface area contributed by atoms with E-state index in [1.54, 1.807) is 6.08 Å². The van der Waals surface area contributed by atoms with Crippen molar-refractivity contribution < 1.29 is 58.0 Å². The van der Waals surface area contributed by atoms with Gasteiger partial charge in [-0.1, -0.05) is 121 Å². The van der Waals surface area contributed by atoms with Gasteiger partial charge in [0.15, 0.2) is 18.7 Å². The number of rotatable bonds is 17. The summed E-state index contributed by atoms with van der Waals surface area (Å²) in [5.74, 6) is -0.785. The van der Waals surface area contributed by atoms with Crippen molar-refractivity contribution in [3.8, 4) is 0 Å². The van der Waals surface area contributed by atoms with Crippen LogP contribution in [0.25, 0.3) is 6.08 Å². The number of aliphatic hydroxyl groups is 3. The van der Waals surface area contributed by atoms with Gasteiger partial charge in [0.25, 0.3) is 0 Å². The van der Waals surface area contributed by atoms with Gasteiger partial charge in [-0.3, -0.25) is 0 Å². The van der Waals surface area contributed by atoms with Crippen LogP contribution in [-0.2, 0) is 62.5 Å². The van der Waals surface area contributed by atoms with E-state index < -0.39 is 74.0 Å². The van der Waals surface area contributed by atoms with E-state index in [-0.39, 0.29) is 26.4 Å². The molecule has 0 saturated carbocycles. The summed E-state index contributed by atoms with van der Waals surface area (Å²) in [6.45, 7) is -0.148. The molecule has 0 bridgehead atoms. The van der Waals surface area contributed by atoms with Gasteiger partial charge in [0.1, 0.15) is 42.7 Å². The zero-order chi connectivity index (χ0) is 38.4. The molecular weight excluding hydrogens is 708 g/mol. The first-order chi connectivity index (χ1) is 26.9. The number of hydrogen-bond acceptors (Lipinski definition) is 12.